The Morgan fingerprint density at radius 2 is 2.24 bits per heavy atom. The summed E-state index contributed by atoms with van der Waals surface area (Å²) in [5.74, 6) is 0.579. The van der Waals surface area contributed by atoms with Crippen LogP contribution in [0.4, 0.5) is 0 Å². The normalized spacial score (nSPS) is 14.3. The minimum Gasteiger partial charge on any atom is -0.480 e. The van der Waals surface area contributed by atoms with Crippen molar-refractivity contribution in [2.75, 3.05) is 12.8 Å². The summed E-state index contributed by atoms with van der Waals surface area (Å²) in [5, 5.41) is 12.0. The summed E-state index contributed by atoms with van der Waals surface area (Å²) in [6.07, 6.45) is 0. The van der Waals surface area contributed by atoms with Crippen LogP contribution in [0.5, 0.6) is 0 Å². The molecule has 1 atom stereocenters. The van der Waals surface area contributed by atoms with E-state index in [4.69, 9.17) is 5.11 Å². The van der Waals surface area contributed by atoms with E-state index in [0.29, 0.717) is 5.75 Å². The van der Waals surface area contributed by atoms with Gasteiger partial charge in [0.25, 0.3) is 0 Å². The molecule has 4 heteroatoms. The monoisotopic (exact) mass is 253 g/mol. The lowest BCUT2D eigenvalue weighted by atomic mass is 10.1. The van der Waals surface area contributed by atoms with Crippen LogP contribution in [0, 0.1) is 6.92 Å². The van der Waals surface area contributed by atoms with Crippen LogP contribution in [0.2, 0.25) is 0 Å². The van der Waals surface area contributed by atoms with Crippen molar-refractivity contribution in [2.24, 2.45) is 0 Å². The Balaban J connectivity index is 2.50. The third kappa shape index (κ3) is 4.06. The fraction of sp³-hybridized carbons (Fsp3) is 0.462. The molecule has 1 rings (SSSR count). The maximum Gasteiger partial charge on any atom is 0.324 e. The number of hydrogen-bond donors (Lipinski definition) is 2. The Morgan fingerprint density at radius 3 is 2.76 bits per heavy atom. The lowest BCUT2D eigenvalue weighted by Crippen LogP contribution is -2.49. The highest BCUT2D eigenvalue weighted by Gasteiger charge is 2.30. The van der Waals surface area contributed by atoms with Gasteiger partial charge in [0.2, 0.25) is 0 Å². The Kier molecular flexibility index (Phi) is 5.02. The molecule has 0 saturated heterocycles. The number of nitrogens with one attached hydrogen (secondary N) is 1. The molecule has 94 valence electrons. The summed E-state index contributed by atoms with van der Waals surface area (Å²) in [6.45, 7) is 3.77. The lowest BCUT2D eigenvalue weighted by molar-refractivity contribution is -0.142. The molecule has 0 aromatic heterocycles. The van der Waals surface area contributed by atoms with Gasteiger partial charge >= 0.3 is 5.97 Å². The number of benzene rings is 1. The smallest absolute Gasteiger partial charge is 0.324 e. The second-order valence-corrected chi connectivity index (χ2v) is 5.35. The first kappa shape index (κ1) is 14.1. The summed E-state index contributed by atoms with van der Waals surface area (Å²) in [6, 6.07) is 8.28. The third-order valence-corrected chi connectivity index (χ3v) is 4.08. The first-order chi connectivity index (χ1) is 7.98. The molecular weight excluding hydrogens is 234 g/mol. The number of aliphatic carboxylic acids is 1. The van der Waals surface area contributed by atoms with Gasteiger partial charge in [-0.25, -0.2) is 0 Å². The average Bonchev–Trinajstić information content (AvgIpc) is 2.28. The van der Waals surface area contributed by atoms with Crippen molar-refractivity contribution in [3.8, 4) is 0 Å². The number of carboxylic acid groups (broad SMARTS) is 1. The van der Waals surface area contributed by atoms with E-state index in [-0.39, 0.29) is 0 Å². The highest BCUT2D eigenvalue weighted by Crippen LogP contribution is 2.18. The van der Waals surface area contributed by atoms with Crippen LogP contribution in [0.15, 0.2) is 24.3 Å². The molecule has 0 fully saturated rings. The van der Waals surface area contributed by atoms with Crippen molar-refractivity contribution >= 4 is 17.7 Å². The highest BCUT2D eigenvalue weighted by atomic mass is 32.2. The van der Waals surface area contributed by atoms with Gasteiger partial charge in [-0.1, -0.05) is 29.8 Å². The summed E-state index contributed by atoms with van der Waals surface area (Å²) in [4.78, 5) is 11.1. The van der Waals surface area contributed by atoms with Crippen molar-refractivity contribution in [1.82, 2.24) is 5.32 Å². The Morgan fingerprint density at radius 1 is 1.53 bits per heavy atom. The molecular formula is C13H19NO2S. The molecule has 1 aromatic rings. The van der Waals surface area contributed by atoms with Crippen molar-refractivity contribution in [3.05, 3.63) is 35.4 Å². The van der Waals surface area contributed by atoms with E-state index in [0.717, 1.165) is 5.75 Å². The van der Waals surface area contributed by atoms with E-state index >= 15 is 0 Å². The Hall–Kier alpha value is -1.00. The number of aryl methyl sites for hydroxylation is 1. The number of hydrogen-bond acceptors (Lipinski definition) is 3. The van der Waals surface area contributed by atoms with Crippen LogP contribution < -0.4 is 5.32 Å². The van der Waals surface area contributed by atoms with Crippen molar-refractivity contribution in [3.63, 3.8) is 0 Å². The van der Waals surface area contributed by atoms with Crippen LogP contribution in [-0.4, -0.2) is 29.4 Å². The minimum absolute atomic E-state index is 0.548. The van der Waals surface area contributed by atoms with Gasteiger partial charge in [-0.3, -0.25) is 4.79 Å². The van der Waals surface area contributed by atoms with Gasteiger partial charge in [-0.2, -0.15) is 11.8 Å². The molecule has 0 radical (unpaired) electrons. The second kappa shape index (κ2) is 6.07. The van der Waals surface area contributed by atoms with Crippen LogP contribution in [0.25, 0.3) is 0 Å². The van der Waals surface area contributed by atoms with Gasteiger partial charge in [0.05, 0.1) is 0 Å². The zero-order chi connectivity index (χ0) is 12.9. The van der Waals surface area contributed by atoms with Crippen LogP contribution in [-0.2, 0) is 10.5 Å². The van der Waals surface area contributed by atoms with Crippen LogP contribution >= 0.6 is 11.8 Å². The maximum absolute atomic E-state index is 11.1. The third-order valence-electron chi connectivity index (χ3n) is 2.77. The number of thioether (sulfide) groups is 1. The number of likely N-dealkylation sites (N-methyl/N-ethyl adjacent to an activating group) is 1. The SMILES string of the molecule is CNC(C)(CSCc1cccc(C)c1)C(=O)O. The largest absolute Gasteiger partial charge is 0.480 e. The molecule has 3 nitrogen and oxygen atoms in total. The van der Waals surface area contributed by atoms with Gasteiger partial charge in [-0.15, -0.1) is 0 Å². The zero-order valence-electron chi connectivity index (χ0n) is 10.5. The molecule has 17 heavy (non-hydrogen) atoms. The molecule has 0 amide bonds. The molecule has 0 aliphatic rings. The van der Waals surface area contributed by atoms with Crippen LogP contribution in [0.3, 0.4) is 0 Å². The molecule has 1 unspecified atom stereocenters. The lowest BCUT2D eigenvalue weighted by Gasteiger charge is -2.23. The number of carbonyl (C=O) groups is 1. The summed E-state index contributed by atoms with van der Waals surface area (Å²) in [7, 11) is 1.68. The van der Waals surface area contributed by atoms with Gasteiger partial charge < -0.3 is 10.4 Å². The topological polar surface area (TPSA) is 49.3 Å². The quantitative estimate of drug-likeness (QED) is 0.816. The van der Waals surface area contributed by atoms with Gasteiger partial charge in [-0.05, 0) is 26.5 Å². The molecule has 0 saturated carbocycles. The molecule has 2 N–H and O–H groups in total. The Bertz CT molecular complexity index is 395. The first-order valence-electron chi connectivity index (χ1n) is 5.53. The minimum atomic E-state index is -0.853. The number of carboxylic acids is 1. The summed E-state index contributed by atoms with van der Waals surface area (Å²) < 4.78 is 0. The van der Waals surface area contributed by atoms with E-state index in [1.165, 1.54) is 11.1 Å². The molecule has 1 aromatic carbocycles. The predicted molar refractivity (Wildman–Crippen MR) is 72.4 cm³/mol. The van der Waals surface area contributed by atoms with E-state index in [1.54, 1.807) is 25.7 Å². The standard InChI is InChI=1S/C13H19NO2S/c1-10-5-4-6-11(7-10)8-17-9-13(2,14-3)12(15)16/h4-7,14H,8-9H2,1-3H3,(H,15,16). The van der Waals surface area contributed by atoms with Gasteiger partial charge in [0.15, 0.2) is 0 Å². The highest BCUT2D eigenvalue weighted by molar-refractivity contribution is 7.98. The van der Waals surface area contributed by atoms with Gasteiger partial charge in [0.1, 0.15) is 5.54 Å². The summed E-state index contributed by atoms with van der Waals surface area (Å²) in [5.41, 5.74) is 1.62. The Labute approximate surface area is 107 Å². The molecule has 0 heterocycles. The predicted octanol–water partition coefficient (Wildman–Crippen LogP) is 2.29. The summed E-state index contributed by atoms with van der Waals surface area (Å²) >= 11 is 1.63. The average molecular weight is 253 g/mol. The molecule has 0 aliphatic heterocycles. The molecule has 0 aliphatic carbocycles. The van der Waals surface area contributed by atoms with Crippen molar-refractivity contribution in [1.29, 1.82) is 0 Å². The number of rotatable bonds is 6. The van der Waals surface area contributed by atoms with Crippen molar-refractivity contribution in [2.45, 2.75) is 25.1 Å². The maximum atomic E-state index is 11.1. The van der Waals surface area contributed by atoms with E-state index in [1.807, 2.05) is 6.07 Å². The molecule has 0 bridgehead atoms. The molecule has 0 spiro atoms. The van der Waals surface area contributed by atoms with E-state index in [2.05, 4.69) is 30.4 Å². The fourth-order valence-corrected chi connectivity index (χ4v) is 2.61. The van der Waals surface area contributed by atoms with Gasteiger partial charge in [0, 0.05) is 11.5 Å². The first-order valence-corrected chi connectivity index (χ1v) is 6.69. The second-order valence-electron chi connectivity index (χ2n) is 4.37. The van der Waals surface area contributed by atoms with Crippen molar-refractivity contribution < 1.29 is 9.90 Å². The van der Waals surface area contributed by atoms with E-state index in [9.17, 15) is 4.79 Å². The van der Waals surface area contributed by atoms with Crippen LogP contribution in [0.1, 0.15) is 18.1 Å². The zero-order valence-corrected chi connectivity index (χ0v) is 11.3. The fourth-order valence-electron chi connectivity index (χ4n) is 1.42. The van der Waals surface area contributed by atoms with E-state index < -0.39 is 11.5 Å².